The van der Waals surface area contributed by atoms with Gasteiger partial charge in [-0.05, 0) is 19.1 Å². The molecular formula is C19H18ClF4N3O5S. The number of carbonyl (C=O) groups is 2. The first-order valence-electron chi connectivity index (χ1n) is 9.18. The molecule has 1 unspecified atom stereocenters. The van der Waals surface area contributed by atoms with E-state index in [0.29, 0.717) is 0 Å². The van der Waals surface area contributed by atoms with Gasteiger partial charge >= 0.3 is 17.8 Å². The Bertz CT molecular complexity index is 1210. The number of rotatable bonds is 7. The summed E-state index contributed by atoms with van der Waals surface area (Å²) < 4.78 is 54.1. The Balaban J connectivity index is 2.48. The van der Waals surface area contributed by atoms with Gasteiger partial charge < -0.3 is 10.0 Å². The first-order chi connectivity index (χ1) is 15.1. The number of alkyl halides is 3. The molecule has 0 bridgehead atoms. The van der Waals surface area contributed by atoms with E-state index in [1.165, 1.54) is 18.9 Å². The van der Waals surface area contributed by atoms with Crippen LogP contribution in [0, 0.1) is 5.82 Å². The molecule has 0 aliphatic rings. The van der Waals surface area contributed by atoms with Crippen LogP contribution < -0.4 is 11.2 Å². The smallest absolute Gasteiger partial charge is 0.431 e. The molecule has 1 aromatic carbocycles. The zero-order chi connectivity index (χ0) is 25.2. The lowest BCUT2D eigenvalue weighted by Gasteiger charge is -2.21. The molecule has 0 fully saturated rings. The van der Waals surface area contributed by atoms with Gasteiger partial charge in [0.15, 0.2) is 0 Å². The van der Waals surface area contributed by atoms with E-state index in [4.69, 9.17) is 16.7 Å². The number of carboxylic acids is 1. The minimum Gasteiger partial charge on any atom is -0.481 e. The maximum absolute atomic E-state index is 14.6. The molecule has 1 atom stereocenters. The number of carboxylic acid groups (broad SMARTS) is 1. The number of aliphatic carboxylic acids is 1. The SMILES string of the molecule is CC(Sc1cc(-n2c(=O)cc(C(F)(F)F)n(C)c2=O)c(F)cc1Cl)C(=O)N(C)CCC(=O)O. The third-order valence-corrected chi connectivity index (χ3v) is 6.11. The molecule has 0 aliphatic carbocycles. The Labute approximate surface area is 193 Å². The third kappa shape index (κ3) is 5.96. The van der Waals surface area contributed by atoms with E-state index >= 15 is 0 Å². The minimum absolute atomic E-state index is 0.0571. The lowest BCUT2D eigenvalue weighted by Crippen LogP contribution is -2.41. The van der Waals surface area contributed by atoms with Crippen molar-refractivity contribution < 1.29 is 32.3 Å². The van der Waals surface area contributed by atoms with Gasteiger partial charge in [-0.15, -0.1) is 11.8 Å². The van der Waals surface area contributed by atoms with Crippen molar-refractivity contribution in [1.29, 1.82) is 0 Å². The van der Waals surface area contributed by atoms with Gasteiger partial charge in [-0.2, -0.15) is 13.2 Å². The van der Waals surface area contributed by atoms with Gasteiger partial charge in [0.05, 0.1) is 22.4 Å². The minimum atomic E-state index is -4.98. The van der Waals surface area contributed by atoms with Crippen LogP contribution >= 0.6 is 23.4 Å². The number of hydrogen-bond acceptors (Lipinski definition) is 5. The summed E-state index contributed by atoms with van der Waals surface area (Å²) in [6.07, 6.45) is -5.25. The van der Waals surface area contributed by atoms with E-state index in [-0.39, 0.29) is 38.1 Å². The van der Waals surface area contributed by atoms with Gasteiger partial charge in [0.1, 0.15) is 11.5 Å². The summed E-state index contributed by atoms with van der Waals surface area (Å²) in [7, 11) is 2.18. The predicted octanol–water partition coefficient (Wildman–Crippen LogP) is 2.76. The van der Waals surface area contributed by atoms with E-state index < -0.39 is 51.8 Å². The highest BCUT2D eigenvalue weighted by Crippen LogP contribution is 2.34. The first kappa shape index (κ1) is 26.5. The Hall–Kier alpha value is -2.80. The second-order valence-electron chi connectivity index (χ2n) is 6.94. The first-order valence-corrected chi connectivity index (χ1v) is 10.4. The molecule has 1 aromatic heterocycles. The summed E-state index contributed by atoms with van der Waals surface area (Å²) >= 11 is 6.87. The molecule has 1 heterocycles. The fraction of sp³-hybridized carbons (Fsp3) is 0.368. The monoisotopic (exact) mass is 511 g/mol. The molecule has 14 heteroatoms. The number of thioether (sulfide) groups is 1. The fourth-order valence-corrected chi connectivity index (χ4v) is 4.12. The summed E-state index contributed by atoms with van der Waals surface area (Å²) in [5.41, 5.74) is -4.97. The van der Waals surface area contributed by atoms with Gasteiger partial charge in [0.2, 0.25) is 5.91 Å². The highest BCUT2D eigenvalue weighted by atomic mass is 35.5. The number of halogens is 5. The average molecular weight is 512 g/mol. The largest absolute Gasteiger partial charge is 0.481 e. The zero-order valence-electron chi connectivity index (χ0n) is 17.4. The van der Waals surface area contributed by atoms with Crippen LogP contribution in [0.2, 0.25) is 5.02 Å². The van der Waals surface area contributed by atoms with Crippen LogP contribution in [0.3, 0.4) is 0 Å². The molecule has 8 nitrogen and oxygen atoms in total. The van der Waals surface area contributed by atoms with Gasteiger partial charge in [-0.25, -0.2) is 13.8 Å². The van der Waals surface area contributed by atoms with Crippen LogP contribution in [0.15, 0.2) is 32.7 Å². The number of benzene rings is 1. The van der Waals surface area contributed by atoms with Crippen molar-refractivity contribution in [3.8, 4) is 5.69 Å². The zero-order valence-corrected chi connectivity index (χ0v) is 19.0. The molecule has 0 spiro atoms. The van der Waals surface area contributed by atoms with Crippen LogP contribution in [0.25, 0.3) is 5.69 Å². The molecule has 1 amide bonds. The van der Waals surface area contributed by atoms with Crippen molar-refractivity contribution in [2.75, 3.05) is 13.6 Å². The maximum Gasteiger partial charge on any atom is 0.431 e. The van der Waals surface area contributed by atoms with Crippen LogP contribution in [0.1, 0.15) is 19.0 Å². The molecule has 180 valence electrons. The summed E-state index contributed by atoms with van der Waals surface area (Å²) in [5.74, 6) is -2.70. The summed E-state index contributed by atoms with van der Waals surface area (Å²) in [6.45, 7) is 1.42. The van der Waals surface area contributed by atoms with Crippen LogP contribution in [-0.2, 0) is 22.8 Å². The van der Waals surface area contributed by atoms with Crippen molar-refractivity contribution in [3.05, 3.63) is 55.6 Å². The van der Waals surface area contributed by atoms with Crippen LogP contribution in [-0.4, -0.2) is 49.9 Å². The summed E-state index contributed by atoms with van der Waals surface area (Å²) in [4.78, 5) is 49.1. The Kier molecular flexibility index (Phi) is 8.01. The quantitative estimate of drug-likeness (QED) is 0.453. The van der Waals surface area contributed by atoms with Crippen molar-refractivity contribution in [1.82, 2.24) is 14.0 Å². The number of nitrogens with zero attached hydrogens (tertiary/aromatic N) is 3. The number of hydrogen-bond donors (Lipinski definition) is 1. The fourth-order valence-electron chi connectivity index (χ4n) is 2.82. The van der Waals surface area contributed by atoms with E-state index in [1.54, 1.807) is 0 Å². The standard InChI is InChI=1S/C19H18ClF4N3O5S/c1-9(17(31)25(2)5-4-16(29)30)33-13-7-12(11(21)6-10(13)20)27-15(28)8-14(19(22,23)24)26(3)18(27)32/h6-9H,4-5H2,1-3H3,(H,29,30). The van der Waals surface area contributed by atoms with Gasteiger partial charge in [-0.3, -0.25) is 19.0 Å². The average Bonchev–Trinajstić information content (AvgIpc) is 2.70. The van der Waals surface area contributed by atoms with E-state index in [1.807, 2.05) is 0 Å². The Morgan fingerprint density at radius 1 is 1.24 bits per heavy atom. The van der Waals surface area contributed by atoms with Crippen molar-refractivity contribution in [2.24, 2.45) is 7.05 Å². The Morgan fingerprint density at radius 3 is 2.39 bits per heavy atom. The third-order valence-electron chi connectivity index (χ3n) is 4.54. The van der Waals surface area contributed by atoms with Crippen molar-refractivity contribution >= 4 is 35.2 Å². The van der Waals surface area contributed by atoms with E-state index in [9.17, 15) is 36.7 Å². The molecule has 2 rings (SSSR count). The second kappa shape index (κ2) is 10.00. The van der Waals surface area contributed by atoms with Crippen molar-refractivity contribution in [3.63, 3.8) is 0 Å². The van der Waals surface area contributed by atoms with Crippen LogP contribution in [0.4, 0.5) is 17.6 Å². The summed E-state index contributed by atoms with van der Waals surface area (Å²) in [6, 6.07) is 1.93. The lowest BCUT2D eigenvalue weighted by molar-refractivity contribution is -0.144. The van der Waals surface area contributed by atoms with Crippen molar-refractivity contribution in [2.45, 2.75) is 29.7 Å². The number of carbonyl (C=O) groups excluding carboxylic acids is 1. The molecule has 0 aliphatic heterocycles. The van der Waals surface area contributed by atoms with Gasteiger partial charge in [0.25, 0.3) is 5.56 Å². The molecule has 1 N–H and O–H groups in total. The van der Waals surface area contributed by atoms with Gasteiger partial charge in [0, 0.05) is 31.6 Å². The second-order valence-corrected chi connectivity index (χ2v) is 8.73. The molecular weight excluding hydrogens is 494 g/mol. The molecule has 33 heavy (non-hydrogen) atoms. The van der Waals surface area contributed by atoms with Gasteiger partial charge in [-0.1, -0.05) is 11.6 Å². The predicted molar refractivity (Wildman–Crippen MR) is 112 cm³/mol. The maximum atomic E-state index is 14.6. The number of amides is 1. The highest BCUT2D eigenvalue weighted by molar-refractivity contribution is 8.00. The topological polar surface area (TPSA) is 102 Å². The van der Waals surface area contributed by atoms with E-state index in [2.05, 4.69) is 0 Å². The number of aromatic nitrogens is 2. The van der Waals surface area contributed by atoms with E-state index in [0.717, 1.165) is 30.9 Å². The van der Waals surface area contributed by atoms with Crippen LogP contribution in [0.5, 0.6) is 0 Å². The highest BCUT2D eigenvalue weighted by Gasteiger charge is 2.35. The molecule has 0 saturated heterocycles. The normalized spacial score (nSPS) is 12.5. The summed E-state index contributed by atoms with van der Waals surface area (Å²) in [5, 5.41) is 7.74. The Morgan fingerprint density at radius 2 is 1.85 bits per heavy atom. The molecule has 0 radical (unpaired) electrons. The molecule has 0 saturated carbocycles. The lowest BCUT2D eigenvalue weighted by atomic mass is 10.3. The molecule has 2 aromatic rings.